The number of hydrogen-bond donors (Lipinski definition) is 0. The second-order valence-corrected chi connectivity index (χ2v) is 2.71. The molecule has 0 bridgehead atoms. The molecule has 0 unspecified atom stereocenters. The van der Waals surface area contributed by atoms with Gasteiger partial charge in [0.2, 0.25) is 5.78 Å². The molecule has 0 aliphatic rings. The first-order valence-electron chi connectivity index (χ1n) is 3.97. The second-order valence-electron chi connectivity index (χ2n) is 2.71. The normalized spacial score (nSPS) is 9.31. The first-order valence-corrected chi connectivity index (χ1v) is 3.97. The fraction of sp³-hybridized carbons (Fsp3) is 0.333. The summed E-state index contributed by atoms with van der Waals surface area (Å²) in [5.74, 6) is 0.636. The smallest absolute Gasteiger partial charge is 0.323 e. The van der Waals surface area contributed by atoms with Crippen molar-refractivity contribution in [2.75, 3.05) is 0 Å². The van der Waals surface area contributed by atoms with Gasteiger partial charge in [0.05, 0.1) is 6.26 Å². The summed E-state index contributed by atoms with van der Waals surface area (Å²) in [4.78, 5) is 13.6. The van der Waals surface area contributed by atoms with Crippen molar-refractivity contribution in [1.82, 2.24) is 0 Å². The number of rotatable bonds is 4. The molecule has 0 aliphatic carbocycles. The third-order valence-corrected chi connectivity index (χ3v) is 1.81. The van der Waals surface area contributed by atoms with Crippen molar-refractivity contribution in [3.8, 4) is 0 Å². The molecule has 0 atom stereocenters. The lowest BCUT2D eigenvalue weighted by atomic mass is 10.1. The lowest BCUT2D eigenvalue weighted by Crippen LogP contribution is -2.01. The summed E-state index contributed by atoms with van der Waals surface area (Å²) < 4.78 is 5.06. The first kappa shape index (κ1) is 9.42. The van der Waals surface area contributed by atoms with Crippen molar-refractivity contribution >= 4 is 12.0 Å². The average Bonchev–Trinajstić information content (AvgIpc) is 2.48. The number of carbonyl (C=O) groups excluding carboxylic acids is 1. The third-order valence-electron chi connectivity index (χ3n) is 1.81. The largest absolute Gasteiger partial charge is 0.469 e. The van der Waals surface area contributed by atoms with E-state index in [1.165, 1.54) is 0 Å². The van der Waals surface area contributed by atoms with Gasteiger partial charge in [-0.2, -0.15) is 4.79 Å². The highest BCUT2D eigenvalue weighted by molar-refractivity contribution is 6.25. The summed E-state index contributed by atoms with van der Waals surface area (Å²) in [6.07, 6.45) is 3.46. The molecule has 1 rings (SSSR count). The lowest BCUT2D eigenvalue weighted by molar-refractivity contribution is -0.116. The van der Waals surface area contributed by atoms with Crippen LogP contribution in [-0.4, -0.2) is 16.8 Å². The molecule has 13 heavy (non-hydrogen) atoms. The van der Waals surface area contributed by atoms with E-state index in [4.69, 9.17) is 9.95 Å². The molecule has 4 nitrogen and oxygen atoms in total. The van der Waals surface area contributed by atoms with Crippen molar-refractivity contribution in [2.24, 2.45) is 0 Å². The predicted molar refractivity (Wildman–Crippen MR) is 46.5 cm³/mol. The predicted octanol–water partition coefficient (Wildman–Crippen LogP) is 1.39. The molecule has 0 amide bonds. The highest BCUT2D eigenvalue weighted by Crippen LogP contribution is 2.10. The molecule has 0 fully saturated rings. The number of ketones is 1. The zero-order chi connectivity index (χ0) is 9.68. The van der Waals surface area contributed by atoms with Crippen molar-refractivity contribution in [3.05, 3.63) is 29.2 Å². The van der Waals surface area contributed by atoms with Crippen LogP contribution in [0, 0.1) is 6.92 Å². The number of hydrogen-bond acceptors (Lipinski definition) is 2. The fourth-order valence-corrected chi connectivity index (χ4v) is 1.06. The maximum absolute atomic E-state index is 10.9. The Morgan fingerprint density at radius 2 is 2.54 bits per heavy atom. The molecule has 0 radical (unpaired) electrons. The van der Waals surface area contributed by atoms with E-state index in [2.05, 4.69) is 4.79 Å². The topological polar surface area (TPSA) is 66.6 Å². The molecule has 0 saturated carbocycles. The minimum Gasteiger partial charge on any atom is -0.469 e. The molecule has 0 N–H and O–H groups in total. The Labute approximate surface area is 75.8 Å². The Balaban J connectivity index is 2.48. The van der Waals surface area contributed by atoms with Crippen LogP contribution in [0.3, 0.4) is 0 Å². The van der Waals surface area contributed by atoms with Gasteiger partial charge in [-0.3, -0.25) is 4.79 Å². The van der Waals surface area contributed by atoms with Crippen molar-refractivity contribution in [3.63, 3.8) is 0 Å². The summed E-state index contributed by atoms with van der Waals surface area (Å²) in [6, 6.07) is 1.83. The molecular formula is C9H10N2O2. The Bertz CT molecular complexity index is 348. The molecule has 1 heterocycles. The van der Waals surface area contributed by atoms with Crippen LogP contribution in [0.2, 0.25) is 0 Å². The van der Waals surface area contributed by atoms with Crippen LogP contribution >= 0.6 is 0 Å². The minimum absolute atomic E-state index is 0.192. The monoisotopic (exact) mass is 178 g/mol. The highest BCUT2D eigenvalue weighted by Gasteiger charge is 2.06. The van der Waals surface area contributed by atoms with E-state index in [1.54, 1.807) is 6.26 Å². The van der Waals surface area contributed by atoms with Crippen LogP contribution < -0.4 is 0 Å². The van der Waals surface area contributed by atoms with Crippen LogP contribution in [0.5, 0.6) is 0 Å². The van der Waals surface area contributed by atoms with E-state index in [0.29, 0.717) is 12.8 Å². The zero-order valence-corrected chi connectivity index (χ0v) is 7.36. The number of nitrogens with zero attached hydrogens (tertiary/aromatic N) is 2. The van der Waals surface area contributed by atoms with Crippen LogP contribution in [0.4, 0.5) is 0 Å². The van der Waals surface area contributed by atoms with Gasteiger partial charge in [-0.05, 0) is 25.0 Å². The Morgan fingerprint density at radius 3 is 3.08 bits per heavy atom. The van der Waals surface area contributed by atoms with E-state index in [9.17, 15) is 4.79 Å². The van der Waals surface area contributed by atoms with Gasteiger partial charge < -0.3 is 9.95 Å². The molecule has 0 spiro atoms. The summed E-state index contributed by atoms with van der Waals surface area (Å²) in [5, 5.41) is 0. The van der Waals surface area contributed by atoms with Crippen LogP contribution in [-0.2, 0) is 11.2 Å². The van der Waals surface area contributed by atoms with Crippen LogP contribution in [0.25, 0.3) is 5.53 Å². The van der Waals surface area contributed by atoms with Gasteiger partial charge in [-0.1, -0.05) is 0 Å². The number of furan rings is 1. The Morgan fingerprint density at radius 1 is 1.77 bits per heavy atom. The summed E-state index contributed by atoms with van der Waals surface area (Å²) in [6.45, 7) is 1.85. The molecular weight excluding hydrogens is 168 g/mol. The van der Waals surface area contributed by atoms with Crippen molar-refractivity contribution in [1.29, 1.82) is 0 Å². The maximum Gasteiger partial charge on any atom is 0.323 e. The van der Waals surface area contributed by atoms with Gasteiger partial charge in [0.1, 0.15) is 5.76 Å². The van der Waals surface area contributed by atoms with E-state index < -0.39 is 0 Å². The van der Waals surface area contributed by atoms with Gasteiger partial charge in [0, 0.05) is 6.42 Å². The van der Waals surface area contributed by atoms with E-state index in [0.717, 1.165) is 17.5 Å². The SMILES string of the molecule is Cc1occc1CCC(=O)C=[N+]=[N-]. The molecule has 68 valence electrons. The van der Waals surface area contributed by atoms with Gasteiger partial charge in [0.15, 0.2) is 0 Å². The molecule has 0 aromatic carbocycles. The van der Waals surface area contributed by atoms with Crippen LogP contribution in [0.15, 0.2) is 16.7 Å². The third kappa shape index (κ3) is 2.69. The molecule has 1 aromatic heterocycles. The standard InChI is InChI=1S/C9H10N2O2/c1-7-8(4-5-13-7)2-3-9(12)6-11-10/h4-6H,2-3H2,1H3. The number of Topliss-reactive ketones (excluding diaryl/α,β-unsaturated/α-hetero) is 1. The molecule has 0 aliphatic heterocycles. The van der Waals surface area contributed by atoms with Gasteiger partial charge in [0.25, 0.3) is 0 Å². The van der Waals surface area contributed by atoms with E-state index >= 15 is 0 Å². The zero-order valence-electron chi connectivity index (χ0n) is 7.36. The Hall–Kier alpha value is -1.67. The first-order chi connectivity index (χ1) is 6.24. The molecule has 1 aromatic rings. The van der Waals surface area contributed by atoms with Crippen molar-refractivity contribution < 1.29 is 14.0 Å². The van der Waals surface area contributed by atoms with Crippen molar-refractivity contribution in [2.45, 2.75) is 19.8 Å². The van der Waals surface area contributed by atoms with Gasteiger partial charge >= 0.3 is 6.21 Å². The van der Waals surface area contributed by atoms with Gasteiger partial charge in [-0.25, -0.2) is 0 Å². The quantitative estimate of drug-likeness (QED) is 0.397. The number of aryl methyl sites for hydroxylation is 2. The Kier molecular flexibility index (Phi) is 3.17. The summed E-state index contributed by atoms with van der Waals surface area (Å²) >= 11 is 0. The number of carbonyl (C=O) groups is 1. The average molecular weight is 178 g/mol. The maximum atomic E-state index is 10.9. The molecule has 0 saturated heterocycles. The second kappa shape index (κ2) is 4.38. The lowest BCUT2D eigenvalue weighted by Gasteiger charge is -1.92. The summed E-state index contributed by atoms with van der Waals surface area (Å²) in [7, 11) is 0. The van der Waals surface area contributed by atoms with E-state index in [1.807, 2.05) is 13.0 Å². The van der Waals surface area contributed by atoms with E-state index in [-0.39, 0.29) is 5.78 Å². The fourth-order valence-electron chi connectivity index (χ4n) is 1.06. The van der Waals surface area contributed by atoms with Gasteiger partial charge in [-0.15, -0.1) is 0 Å². The molecule has 4 heteroatoms. The van der Waals surface area contributed by atoms with Crippen LogP contribution in [0.1, 0.15) is 17.7 Å². The minimum atomic E-state index is -0.192. The summed E-state index contributed by atoms with van der Waals surface area (Å²) in [5.41, 5.74) is 9.09. The highest BCUT2D eigenvalue weighted by atomic mass is 16.3.